The average molecular weight is 379 g/mol. The maximum Gasteiger partial charge on any atom is 0.225 e. The predicted molar refractivity (Wildman–Crippen MR) is 113 cm³/mol. The fourth-order valence-electron chi connectivity index (χ4n) is 4.36. The van der Waals surface area contributed by atoms with Crippen molar-refractivity contribution in [1.29, 1.82) is 0 Å². The molecule has 1 amide bonds. The molecule has 28 heavy (non-hydrogen) atoms. The standard InChI is InChI=1S/C23H30N4O/c24-22-7-3-6-21(25-22)19-10-8-18(9-11-19)12-13-26-14-16-27(17-15-26)23(28)20-4-1-2-5-20/h3,6-11,20H,1-2,4-5,12-17H2,(H2,24,25). The van der Waals surface area contributed by atoms with Crippen LogP contribution < -0.4 is 5.73 Å². The van der Waals surface area contributed by atoms with E-state index in [-0.39, 0.29) is 0 Å². The van der Waals surface area contributed by atoms with E-state index in [4.69, 9.17) is 5.73 Å². The Morgan fingerprint density at radius 1 is 1.00 bits per heavy atom. The summed E-state index contributed by atoms with van der Waals surface area (Å²) in [5, 5.41) is 0. The average Bonchev–Trinajstić information content (AvgIpc) is 3.27. The van der Waals surface area contributed by atoms with Gasteiger partial charge in [-0.15, -0.1) is 0 Å². The molecular formula is C23H30N4O. The van der Waals surface area contributed by atoms with Crippen molar-refractivity contribution >= 4 is 11.7 Å². The van der Waals surface area contributed by atoms with E-state index in [2.05, 4.69) is 39.0 Å². The fraction of sp³-hybridized carbons (Fsp3) is 0.478. The number of carbonyl (C=O) groups is 1. The lowest BCUT2D eigenvalue weighted by Gasteiger charge is -2.36. The van der Waals surface area contributed by atoms with Gasteiger partial charge in [0, 0.05) is 44.2 Å². The first kappa shape index (κ1) is 18.9. The number of pyridine rings is 1. The monoisotopic (exact) mass is 378 g/mol. The Morgan fingerprint density at radius 3 is 2.39 bits per heavy atom. The third-order valence-corrected chi connectivity index (χ3v) is 6.13. The minimum Gasteiger partial charge on any atom is -0.384 e. The van der Waals surface area contributed by atoms with Crippen LogP contribution in [0.25, 0.3) is 11.3 Å². The lowest BCUT2D eigenvalue weighted by molar-refractivity contribution is -0.137. The van der Waals surface area contributed by atoms with Gasteiger partial charge in [-0.2, -0.15) is 0 Å². The number of carbonyl (C=O) groups excluding carboxylic acids is 1. The maximum atomic E-state index is 12.6. The Morgan fingerprint density at radius 2 is 1.71 bits per heavy atom. The van der Waals surface area contributed by atoms with E-state index in [0.29, 0.717) is 17.6 Å². The van der Waals surface area contributed by atoms with Gasteiger partial charge in [-0.3, -0.25) is 9.69 Å². The summed E-state index contributed by atoms with van der Waals surface area (Å²) >= 11 is 0. The summed E-state index contributed by atoms with van der Waals surface area (Å²) < 4.78 is 0. The Labute approximate surface area is 167 Å². The first-order chi connectivity index (χ1) is 13.7. The molecule has 0 atom stereocenters. The molecule has 1 aromatic heterocycles. The highest BCUT2D eigenvalue weighted by Gasteiger charge is 2.29. The first-order valence-corrected chi connectivity index (χ1v) is 10.5. The molecule has 2 aliphatic rings. The second kappa shape index (κ2) is 8.74. The Balaban J connectivity index is 1.24. The third-order valence-electron chi connectivity index (χ3n) is 6.13. The molecular weight excluding hydrogens is 348 g/mol. The molecule has 2 heterocycles. The SMILES string of the molecule is Nc1cccc(-c2ccc(CCN3CCN(C(=O)C4CCCC4)CC3)cc2)n1. The molecule has 4 rings (SSSR count). The van der Waals surface area contributed by atoms with Crippen molar-refractivity contribution in [2.45, 2.75) is 32.1 Å². The Bertz CT molecular complexity index is 791. The molecule has 1 saturated carbocycles. The van der Waals surface area contributed by atoms with Crippen LogP contribution >= 0.6 is 0 Å². The van der Waals surface area contributed by atoms with Crippen molar-refractivity contribution in [3.63, 3.8) is 0 Å². The highest BCUT2D eigenvalue weighted by atomic mass is 16.2. The predicted octanol–water partition coefficient (Wildman–Crippen LogP) is 3.21. The number of nitrogens with zero attached hydrogens (tertiary/aromatic N) is 3. The van der Waals surface area contributed by atoms with Crippen LogP contribution in [0.1, 0.15) is 31.2 Å². The van der Waals surface area contributed by atoms with Crippen LogP contribution in [0.4, 0.5) is 5.82 Å². The summed E-state index contributed by atoms with van der Waals surface area (Å²) in [4.78, 5) is 21.5. The van der Waals surface area contributed by atoms with Gasteiger partial charge in [-0.25, -0.2) is 4.98 Å². The largest absolute Gasteiger partial charge is 0.384 e. The molecule has 0 unspecified atom stereocenters. The highest BCUT2D eigenvalue weighted by Crippen LogP contribution is 2.27. The summed E-state index contributed by atoms with van der Waals surface area (Å²) in [6, 6.07) is 14.3. The number of nitrogens with two attached hydrogens (primary N) is 1. The van der Waals surface area contributed by atoms with Gasteiger partial charge in [0.1, 0.15) is 5.82 Å². The van der Waals surface area contributed by atoms with Gasteiger partial charge in [0.15, 0.2) is 0 Å². The summed E-state index contributed by atoms with van der Waals surface area (Å²) in [7, 11) is 0. The minimum absolute atomic E-state index is 0.305. The van der Waals surface area contributed by atoms with Gasteiger partial charge >= 0.3 is 0 Å². The smallest absolute Gasteiger partial charge is 0.225 e. The first-order valence-electron chi connectivity index (χ1n) is 10.5. The number of benzene rings is 1. The normalized spacial score (nSPS) is 18.5. The van der Waals surface area contributed by atoms with Gasteiger partial charge in [-0.1, -0.05) is 43.2 Å². The third kappa shape index (κ3) is 4.53. The lowest BCUT2D eigenvalue weighted by Crippen LogP contribution is -2.50. The summed E-state index contributed by atoms with van der Waals surface area (Å²) in [6.07, 6.45) is 5.67. The van der Waals surface area contributed by atoms with Gasteiger partial charge in [0.25, 0.3) is 0 Å². The van der Waals surface area contributed by atoms with Gasteiger partial charge < -0.3 is 10.6 Å². The van der Waals surface area contributed by atoms with Crippen molar-refractivity contribution in [2.24, 2.45) is 5.92 Å². The Hall–Kier alpha value is -2.40. The molecule has 1 aliphatic heterocycles. The zero-order valence-corrected chi connectivity index (χ0v) is 16.5. The number of piperazine rings is 1. The van der Waals surface area contributed by atoms with Crippen molar-refractivity contribution in [1.82, 2.24) is 14.8 Å². The van der Waals surface area contributed by atoms with E-state index in [1.54, 1.807) is 6.07 Å². The van der Waals surface area contributed by atoms with Crippen molar-refractivity contribution < 1.29 is 4.79 Å². The van der Waals surface area contributed by atoms with E-state index in [1.165, 1.54) is 18.4 Å². The number of amides is 1. The Kier molecular flexibility index (Phi) is 5.91. The topological polar surface area (TPSA) is 62.5 Å². The molecule has 5 heteroatoms. The summed E-state index contributed by atoms with van der Waals surface area (Å²) in [6.45, 7) is 4.79. The zero-order chi connectivity index (χ0) is 19.3. The van der Waals surface area contributed by atoms with E-state index in [9.17, 15) is 4.79 Å². The highest BCUT2D eigenvalue weighted by molar-refractivity contribution is 5.79. The minimum atomic E-state index is 0.305. The van der Waals surface area contributed by atoms with Gasteiger partial charge in [0.2, 0.25) is 5.91 Å². The number of aromatic nitrogens is 1. The molecule has 148 valence electrons. The zero-order valence-electron chi connectivity index (χ0n) is 16.5. The quantitative estimate of drug-likeness (QED) is 0.868. The number of hydrogen-bond donors (Lipinski definition) is 1. The molecule has 0 bridgehead atoms. The number of anilines is 1. The molecule has 1 aliphatic carbocycles. The molecule has 0 spiro atoms. The second-order valence-corrected chi connectivity index (χ2v) is 8.04. The van der Waals surface area contributed by atoms with Crippen LogP contribution in [0.5, 0.6) is 0 Å². The molecule has 1 saturated heterocycles. The maximum absolute atomic E-state index is 12.6. The van der Waals surface area contributed by atoms with Crippen molar-refractivity contribution in [3.8, 4) is 11.3 Å². The van der Waals surface area contributed by atoms with E-state index >= 15 is 0 Å². The molecule has 0 radical (unpaired) electrons. The summed E-state index contributed by atoms with van der Waals surface area (Å²) in [5.41, 5.74) is 9.11. The molecule has 5 nitrogen and oxygen atoms in total. The number of nitrogen functional groups attached to an aromatic ring is 1. The second-order valence-electron chi connectivity index (χ2n) is 8.04. The summed E-state index contributed by atoms with van der Waals surface area (Å²) in [5.74, 6) is 1.26. The van der Waals surface area contributed by atoms with Gasteiger partial charge in [-0.05, 0) is 37.0 Å². The van der Waals surface area contributed by atoms with Crippen LogP contribution in [0, 0.1) is 5.92 Å². The fourth-order valence-corrected chi connectivity index (χ4v) is 4.36. The van der Waals surface area contributed by atoms with Crippen LogP contribution in [-0.2, 0) is 11.2 Å². The van der Waals surface area contributed by atoms with Gasteiger partial charge in [0.05, 0.1) is 5.69 Å². The van der Waals surface area contributed by atoms with Crippen LogP contribution in [0.2, 0.25) is 0 Å². The van der Waals surface area contributed by atoms with E-state index in [1.807, 2.05) is 12.1 Å². The number of rotatable bonds is 5. The molecule has 1 aromatic carbocycles. The molecule has 2 aromatic rings. The van der Waals surface area contributed by atoms with E-state index < -0.39 is 0 Å². The molecule has 2 fully saturated rings. The number of hydrogen-bond acceptors (Lipinski definition) is 4. The molecule has 2 N–H and O–H groups in total. The van der Waals surface area contributed by atoms with Crippen LogP contribution in [-0.4, -0.2) is 53.4 Å². The lowest BCUT2D eigenvalue weighted by atomic mass is 10.1. The van der Waals surface area contributed by atoms with Crippen LogP contribution in [0.15, 0.2) is 42.5 Å². The van der Waals surface area contributed by atoms with Crippen molar-refractivity contribution in [3.05, 3.63) is 48.0 Å². The van der Waals surface area contributed by atoms with E-state index in [0.717, 1.165) is 63.2 Å². The van der Waals surface area contributed by atoms with Crippen LogP contribution in [0.3, 0.4) is 0 Å². The van der Waals surface area contributed by atoms with Crippen molar-refractivity contribution in [2.75, 3.05) is 38.5 Å².